The number of amides is 1. The number of anilines is 1. The minimum Gasteiger partial charge on any atom is -0.484 e. The van der Waals surface area contributed by atoms with Crippen LogP contribution < -0.4 is 15.1 Å². The van der Waals surface area contributed by atoms with E-state index in [0.29, 0.717) is 5.75 Å². The zero-order valence-electron chi connectivity index (χ0n) is 16.4. The summed E-state index contributed by atoms with van der Waals surface area (Å²) in [5.74, 6) is 0.393. The van der Waals surface area contributed by atoms with Crippen molar-refractivity contribution in [3.63, 3.8) is 0 Å². The molecule has 0 fully saturated rings. The van der Waals surface area contributed by atoms with Crippen LogP contribution >= 0.6 is 0 Å². The lowest BCUT2D eigenvalue weighted by molar-refractivity contribution is -0.123. The summed E-state index contributed by atoms with van der Waals surface area (Å²) in [4.78, 5) is 14.1. The van der Waals surface area contributed by atoms with E-state index in [9.17, 15) is 4.79 Å². The molecule has 0 aromatic heterocycles. The molecule has 0 aliphatic rings. The lowest BCUT2D eigenvalue weighted by Crippen LogP contribution is -2.24. The van der Waals surface area contributed by atoms with Gasteiger partial charge in [0.05, 0.1) is 6.21 Å². The van der Waals surface area contributed by atoms with E-state index in [1.54, 1.807) is 6.21 Å². The summed E-state index contributed by atoms with van der Waals surface area (Å²) in [5, 5.41) is 3.99. The Morgan fingerprint density at radius 1 is 1.04 bits per heavy atom. The van der Waals surface area contributed by atoms with E-state index in [0.717, 1.165) is 31.5 Å². The normalized spacial score (nSPS) is 10.8. The lowest BCUT2D eigenvalue weighted by Gasteiger charge is -2.20. The number of hydrogen-bond acceptors (Lipinski definition) is 4. The molecule has 27 heavy (non-hydrogen) atoms. The molecule has 5 nitrogen and oxygen atoms in total. The number of ether oxygens (including phenoxy) is 1. The first kappa shape index (κ1) is 20.5. The van der Waals surface area contributed by atoms with Crippen LogP contribution in [-0.2, 0) is 11.2 Å². The fraction of sp³-hybridized carbons (Fsp3) is 0.364. The first-order valence-electron chi connectivity index (χ1n) is 9.54. The van der Waals surface area contributed by atoms with Crippen molar-refractivity contribution in [2.45, 2.75) is 33.6 Å². The highest BCUT2D eigenvalue weighted by Gasteiger charge is 2.02. The molecule has 0 saturated heterocycles. The molecule has 5 heteroatoms. The number of nitrogens with zero attached hydrogens (tertiary/aromatic N) is 2. The Hall–Kier alpha value is -2.82. The van der Waals surface area contributed by atoms with Crippen LogP contribution in [0.1, 0.15) is 38.3 Å². The third-order valence-corrected chi connectivity index (χ3v) is 4.26. The predicted octanol–water partition coefficient (Wildman–Crippen LogP) is 4.01. The highest BCUT2D eigenvalue weighted by atomic mass is 16.5. The van der Waals surface area contributed by atoms with E-state index in [-0.39, 0.29) is 12.5 Å². The molecule has 0 aliphatic carbocycles. The number of hydrazone groups is 1. The number of carbonyl (C=O) groups excluding carboxylic acids is 1. The molecule has 0 unspecified atom stereocenters. The molecular weight excluding hydrogens is 338 g/mol. The Morgan fingerprint density at radius 2 is 1.70 bits per heavy atom. The number of aryl methyl sites for hydroxylation is 1. The molecule has 0 radical (unpaired) electrons. The zero-order valence-corrected chi connectivity index (χ0v) is 16.4. The summed E-state index contributed by atoms with van der Waals surface area (Å²) < 4.78 is 5.48. The fourth-order valence-electron chi connectivity index (χ4n) is 2.76. The number of carbonyl (C=O) groups is 1. The molecule has 0 heterocycles. The van der Waals surface area contributed by atoms with Crippen LogP contribution in [0.2, 0.25) is 0 Å². The molecule has 0 atom stereocenters. The molecule has 1 N–H and O–H groups in total. The first-order valence-corrected chi connectivity index (χ1v) is 9.54. The maximum atomic E-state index is 11.8. The monoisotopic (exact) mass is 367 g/mol. The second kappa shape index (κ2) is 11.0. The highest BCUT2D eigenvalue weighted by Crippen LogP contribution is 2.14. The first-order chi connectivity index (χ1) is 13.2. The van der Waals surface area contributed by atoms with Crippen LogP contribution in [0.3, 0.4) is 0 Å². The Bertz CT molecular complexity index is 720. The average Bonchev–Trinajstić information content (AvgIpc) is 2.70. The SMILES string of the molecule is CCCc1ccc(OCC(=O)N/N=C\c2ccc(N(CC)CC)cc2)cc1. The molecule has 0 bridgehead atoms. The van der Waals surface area contributed by atoms with Gasteiger partial charge in [-0.05, 0) is 55.7 Å². The van der Waals surface area contributed by atoms with Gasteiger partial charge in [-0.1, -0.05) is 37.6 Å². The summed E-state index contributed by atoms with van der Waals surface area (Å²) in [5.41, 5.74) is 5.87. The van der Waals surface area contributed by atoms with Gasteiger partial charge in [-0.25, -0.2) is 5.43 Å². The number of benzene rings is 2. The quantitative estimate of drug-likeness (QED) is 0.510. The molecular formula is C22H29N3O2. The van der Waals surface area contributed by atoms with Gasteiger partial charge in [0.15, 0.2) is 6.61 Å². The van der Waals surface area contributed by atoms with Crippen LogP contribution in [0.4, 0.5) is 5.69 Å². The van der Waals surface area contributed by atoms with Crippen LogP contribution in [0.5, 0.6) is 5.75 Å². The summed E-state index contributed by atoms with van der Waals surface area (Å²) in [7, 11) is 0. The van der Waals surface area contributed by atoms with Gasteiger partial charge in [-0.3, -0.25) is 4.79 Å². The van der Waals surface area contributed by atoms with Crippen LogP contribution in [0.25, 0.3) is 0 Å². The van der Waals surface area contributed by atoms with E-state index in [4.69, 9.17) is 4.74 Å². The van der Waals surface area contributed by atoms with Gasteiger partial charge < -0.3 is 9.64 Å². The minimum atomic E-state index is -0.288. The van der Waals surface area contributed by atoms with Crippen molar-refractivity contribution in [3.05, 3.63) is 59.7 Å². The number of hydrogen-bond donors (Lipinski definition) is 1. The van der Waals surface area contributed by atoms with Crippen molar-refractivity contribution in [1.82, 2.24) is 5.43 Å². The third kappa shape index (κ3) is 6.77. The van der Waals surface area contributed by atoms with Gasteiger partial charge in [-0.2, -0.15) is 5.10 Å². The summed E-state index contributed by atoms with van der Waals surface area (Å²) >= 11 is 0. The topological polar surface area (TPSA) is 53.9 Å². The summed E-state index contributed by atoms with van der Waals surface area (Å²) in [6, 6.07) is 15.9. The van der Waals surface area contributed by atoms with Gasteiger partial charge in [0.2, 0.25) is 0 Å². The molecule has 2 aromatic rings. The number of nitrogens with one attached hydrogen (secondary N) is 1. The Morgan fingerprint density at radius 3 is 2.30 bits per heavy atom. The molecule has 2 aromatic carbocycles. The minimum absolute atomic E-state index is 0.0641. The Kier molecular flexibility index (Phi) is 8.36. The van der Waals surface area contributed by atoms with Crippen molar-refractivity contribution in [2.75, 3.05) is 24.6 Å². The van der Waals surface area contributed by atoms with Gasteiger partial charge in [-0.15, -0.1) is 0 Å². The van der Waals surface area contributed by atoms with Crippen LogP contribution in [0, 0.1) is 0 Å². The third-order valence-electron chi connectivity index (χ3n) is 4.26. The van der Waals surface area contributed by atoms with Gasteiger partial charge >= 0.3 is 0 Å². The van der Waals surface area contributed by atoms with E-state index >= 15 is 0 Å². The maximum absolute atomic E-state index is 11.8. The van der Waals surface area contributed by atoms with Crippen molar-refractivity contribution < 1.29 is 9.53 Å². The molecule has 0 saturated carbocycles. The molecule has 0 aliphatic heterocycles. The van der Waals surface area contributed by atoms with E-state index in [2.05, 4.69) is 48.3 Å². The standard InChI is InChI=1S/C22H29N3O2/c1-4-7-18-10-14-21(15-11-18)27-17-22(26)24-23-16-19-8-12-20(13-9-19)25(5-2)6-3/h8-16H,4-7,17H2,1-3H3,(H,24,26)/b23-16-. The van der Waals surface area contributed by atoms with Gasteiger partial charge in [0.1, 0.15) is 5.75 Å². The Balaban J connectivity index is 1.77. The second-order valence-corrected chi connectivity index (χ2v) is 6.24. The Labute approximate surface area is 162 Å². The summed E-state index contributed by atoms with van der Waals surface area (Å²) in [6.45, 7) is 8.30. The second-order valence-electron chi connectivity index (χ2n) is 6.24. The zero-order chi connectivity index (χ0) is 19.5. The van der Waals surface area contributed by atoms with Crippen LogP contribution in [-0.4, -0.2) is 31.8 Å². The summed E-state index contributed by atoms with van der Waals surface area (Å²) in [6.07, 6.45) is 3.79. The van der Waals surface area contributed by atoms with E-state index in [1.165, 1.54) is 11.3 Å². The molecule has 144 valence electrons. The van der Waals surface area contributed by atoms with E-state index in [1.807, 2.05) is 36.4 Å². The van der Waals surface area contributed by atoms with Crippen LogP contribution in [0.15, 0.2) is 53.6 Å². The van der Waals surface area contributed by atoms with Crippen molar-refractivity contribution in [3.8, 4) is 5.75 Å². The van der Waals surface area contributed by atoms with Gasteiger partial charge in [0.25, 0.3) is 5.91 Å². The lowest BCUT2D eigenvalue weighted by atomic mass is 10.1. The van der Waals surface area contributed by atoms with E-state index < -0.39 is 0 Å². The fourth-order valence-corrected chi connectivity index (χ4v) is 2.76. The smallest absolute Gasteiger partial charge is 0.277 e. The van der Waals surface area contributed by atoms with Crippen molar-refractivity contribution in [2.24, 2.45) is 5.10 Å². The highest BCUT2D eigenvalue weighted by molar-refractivity contribution is 5.83. The molecule has 2 rings (SSSR count). The van der Waals surface area contributed by atoms with Crippen molar-refractivity contribution in [1.29, 1.82) is 0 Å². The average molecular weight is 367 g/mol. The largest absolute Gasteiger partial charge is 0.484 e. The number of rotatable bonds is 10. The molecule has 0 spiro atoms. The van der Waals surface area contributed by atoms with Gasteiger partial charge in [0, 0.05) is 18.8 Å². The van der Waals surface area contributed by atoms with Crippen molar-refractivity contribution >= 4 is 17.8 Å². The maximum Gasteiger partial charge on any atom is 0.277 e. The molecule has 1 amide bonds. The predicted molar refractivity (Wildman–Crippen MR) is 112 cm³/mol.